The first kappa shape index (κ1) is 13.9. The summed E-state index contributed by atoms with van der Waals surface area (Å²) in [5.74, 6) is 0.0160. The molecule has 0 aliphatic heterocycles. The molecule has 0 bridgehead atoms. The number of nitrogens with one attached hydrogen (secondary N) is 1. The zero-order valence-electron chi connectivity index (χ0n) is 11.3. The van der Waals surface area contributed by atoms with E-state index >= 15 is 0 Å². The molecule has 0 aliphatic carbocycles. The van der Waals surface area contributed by atoms with E-state index in [9.17, 15) is 9.90 Å². The van der Waals surface area contributed by atoms with E-state index in [1.54, 1.807) is 18.2 Å². The highest BCUT2D eigenvalue weighted by molar-refractivity contribution is 5.95. The van der Waals surface area contributed by atoms with Crippen molar-refractivity contribution in [1.29, 1.82) is 0 Å². The fraction of sp³-hybridized carbons (Fsp3) is 0.118. The lowest BCUT2D eigenvalue weighted by molar-refractivity contribution is 0.0951. The number of hydrogen-bond acceptors (Lipinski definition) is 2. The Morgan fingerprint density at radius 1 is 1.20 bits per heavy atom. The van der Waals surface area contributed by atoms with E-state index < -0.39 is 0 Å². The maximum Gasteiger partial charge on any atom is 0.251 e. The predicted octanol–water partition coefficient (Wildman–Crippen LogP) is 3.36. The van der Waals surface area contributed by atoms with E-state index in [4.69, 9.17) is 0 Å². The summed E-state index contributed by atoms with van der Waals surface area (Å²) >= 11 is 0. The second-order valence-electron chi connectivity index (χ2n) is 4.44. The van der Waals surface area contributed by atoms with E-state index in [1.165, 1.54) is 6.07 Å². The topological polar surface area (TPSA) is 49.3 Å². The van der Waals surface area contributed by atoms with Crippen molar-refractivity contribution in [2.24, 2.45) is 0 Å². The Bertz CT molecular complexity index is 618. The normalized spacial score (nSPS) is 10.7. The summed E-state index contributed by atoms with van der Waals surface area (Å²) < 4.78 is 0. The molecule has 0 aliphatic rings. The van der Waals surface area contributed by atoms with Gasteiger partial charge in [0.15, 0.2) is 0 Å². The van der Waals surface area contributed by atoms with Gasteiger partial charge in [0.05, 0.1) is 0 Å². The molecule has 0 fully saturated rings. The van der Waals surface area contributed by atoms with Crippen molar-refractivity contribution in [3.8, 4) is 5.75 Å². The smallest absolute Gasteiger partial charge is 0.251 e. The molecule has 20 heavy (non-hydrogen) atoms. The summed E-state index contributed by atoms with van der Waals surface area (Å²) in [6.07, 6.45) is 3.59. The van der Waals surface area contributed by atoms with Gasteiger partial charge in [-0.1, -0.05) is 42.5 Å². The number of carbonyl (C=O) groups is 1. The molecule has 2 rings (SSSR count). The average molecular weight is 267 g/mol. The van der Waals surface area contributed by atoms with Gasteiger partial charge in [-0.2, -0.15) is 0 Å². The molecule has 3 nitrogen and oxygen atoms in total. The largest absolute Gasteiger partial charge is 0.507 e. The van der Waals surface area contributed by atoms with Crippen LogP contribution >= 0.6 is 0 Å². The standard InChI is InChI=1S/C17H17NO2/c1-2-6-14-11-15(9-10-16(14)19)17(20)18-12-13-7-4-3-5-8-13/h2-11,19H,12H2,1H3,(H,18,20). The van der Waals surface area contributed by atoms with E-state index in [-0.39, 0.29) is 11.7 Å². The van der Waals surface area contributed by atoms with Crippen LogP contribution in [0.2, 0.25) is 0 Å². The van der Waals surface area contributed by atoms with Gasteiger partial charge in [0, 0.05) is 17.7 Å². The zero-order valence-corrected chi connectivity index (χ0v) is 11.3. The highest BCUT2D eigenvalue weighted by Gasteiger charge is 2.07. The predicted molar refractivity (Wildman–Crippen MR) is 80.4 cm³/mol. The summed E-state index contributed by atoms with van der Waals surface area (Å²) in [7, 11) is 0. The van der Waals surface area contributed by atoms with Crippen molar-refractivity contribution in [2.45, 2.75) is 13.5 Å². The Hall–Kier alpha value is -2.55. The molecule has 0 atom stereocenters. The van der Waals surface area contributed by atoms with Crippen LogP contribution in [0.4, 0.5) is 0 Å². The van der Waals surface area contributed by atoms with Crippen molar-refractivity contribution in [2.75, 3.05) is 0 Å². The minimum Gasteiger partial charge on any atom is -0.507 e. The van der Waals surface area contributed by atoms with Crippen LogP contribution in [0.3, 0.4) is 0 Å². The lowest BCUT2D eigenvalue weighted by Gasteiger charge is -2.07. The quantitative estimate of drug-likeness (QED) is 0.892. The van der Waals surface area contributed by atoms with E-state index in [1.807, 2.05) is 43.3 Å². The van der Waals surface area contributed by atoms with Gasteiger partial charge in [-0.05, 0) is 30.7 Å². The van der Waals surface area contributed by atoms with Gasteiger partial charge in [-0.15, -0.1) is 0 Å². The summed E-state index contributed by atoms with van der Waals surface area (Å²) in [4.78, 5) is 12.1. The molecule has 0 heterocycles. The molecule has 3 heteroatoms. The molecule has 102 valence electrons. The van der Waals surface area contributed by atoms with Crippen LogP contribution < -0.4 is 5.32 Å². The monoisotopic (exact) mass is 267 g/mol. The van der Waals surface area contributed by atoms with Crippen molar-refractivity contribution < 1.29 is 9.90 Å². The number of carbonyl (C=O) groups excluding carboxylic acids is 1. The first-order valence-electron chi connectivity index (χ1n) is 6.48. The fourth-order valence-electron chi connectivity index (χ4n) is 1.89. The van der Waals surface area contributed by atoms with Gasteiger partial charge in [0.1, 0.15) is 5.75 Å². The molecule has 0 saturated heterocycles. The molecular formula is C17H17NO2. The van der Waals surface area contributed by atoms with Gasteiger partial charge < -0.3 is 10.4 Å². The second-order valence-corrected chi connectivity index (χ2v) is 4.44. The molecule has 2 aromatic rings. The summed E-state index contributed by atoms with van der Waals surface area (Å²) in [6.45, 7) is 2.35. The van der Waals surface area contributed by atoms with Crippen molar-refractivity contribution in [3.05, 3.63) is 71.3 Å². The van der Waals surface area contributed by atoms with Crippen LogP contribution in [0, 0.1) is 0 Å². The number of phenolic OH excluding ortho intramolecular Hbond substituents is 1. The highest BCUT2D eigenvalue weighted by Crippen LogP contribution is 2.20. The Morgan fingerprint density at radius 2 is 1.95 bits per heavy atom. The second kappa shape index (κ2) is 6.57. The lowest BCUT2D eigenvalue weighted by atomic mass is 10.1. The lowest BCUT2D eigenvalue weighted by Crippen LogP contribution is -2.22. The third kappa shape index (κ3) is 3.48. The molecule has 0 spiro atoms. The molecule has 0 saturated carbocycles. The molecule has 0 radical (unpaired) electrons. The molecule has 0 unspecified atom stereocenters. The number of allylic oxidation sites excluding steroid dienone is 1. The number of hydrogen-bond donors (Lipinski definition) is 2. The van der Waals surface area contributed by atoms with Crippen LogP contribution in [0.1, 0.15) is 28.4 Å². The van der Waals surface area contributed by atoms with Crippen molar-refractivity contribution in [3.63, 3.8) is 0 Å². The van der Waals surface area contributed by atoms with Crippen LogP contribution in [0.15, 0.2) is 54.6 Å². The van der Waals surface area contributed by atoms with E-state index in [0.717, 1.165) is 5.56 Å². The fourth-order valence-corrected chi connectivity index (χ4v) is 1.89. The van der Waals surface area contributed by atoms with Crippen LogP contribution in [0.5, 0.6) is 5.75 Å². The maximum absolute atomic E-state index is 12.1. The molecule has 0 aromatic heterocycles. The highest BCUT2D eigenvalue weighted by atomic mass is 16.3. The van der Waals surface area contributed by atoms with Crippen molar-refractivity contribution in [1.82, 2.24) is 5.32 Å². The Morgan fingerprint density at radius 3 is 2.65 bits per heavy atom. The third-order valence-electron chi connectivity index (χ3n) is 2.93. The number of aromatic hydroxyl groups is 1. The van der Waals surface area contributed by atoms with Gasteiger partial charge in [0.2, 0.25) is 0 Å². The number of benzene rings is 2. The Kier molecular flexibility index (Phi) is 4.56. The third-order valence-corrected chi connectivity index (χ3v) is 2.93. The van der Waals surface area contributed by atoms with Gasteiger partial charge >= 0.3 is 0 Å². The number of rotatable bonds is 4. The first-order chi connectivity index (χ1) is 9.70. The van der Waals surface area contributed by atoms with E-state index in [0.29, 0.717) is 17.7 Å². The van der Waals surface area contributed by atoms with Crippen molar-refractivity contribution >= 4 is 12.0 Å². The number of amides is 1. The molecule has 2 N–H and O–H groups in total. The number of phenols is 1. The van der Waals surface area contributed by atoms with E-state index in [2.05, 4.69) is 5.32 Å². The van der Waals surface area contributed by atoms with Gasteiger partial charge in [0.25, 0.3) is 5.91 Å². The van der Waals surface area contributed by atoms with Gasteiger partial charge in [-0.25, -0.2) is 0 Å². The Labute approximate surface area is 118 Å². The zero-order chi connectivity index (χ0) is 14.4. The minimum atomic E-state index is -0.153. The van der Waals surface area contributed by atoms with Gasteiger partial charge in [-0.3, -0.25) is 4.79 Å². The van der Waals surface area contributed by atoms with Crippen LogP contribution in [0.25, 0.3) is 6.08 Å². The Balaban J connectivity index is 2.08. The maximum atomic E-state index is 12.1. The minimum absolute atomic E-state index is 0.153. The van der Waals surface area contributed by atoms with Crippen LogP contribution in [-0.2, 0) is 6.54 Å². The molecule has 2 aromatic carbocycles. The molecule has 1 amide bonds. The average Bonchev–Trinajstić information content (AvgIpc) is 2.48. The SMILES string of the molecule is CC=Cc1cc(C(=O)NCc2ccccc2)ccc1O. The summed E-state index contributed by atoms with van der Waals surface area (Å²) in [5.41, 5.74) is 2.22. The van der Waals surface area contributed by atoms with Crippen LogP contribution in [-0.4, -0.2) is 11.0 Å². The summed E-state index contributed by atoms with van der Waals surface area (Å²) in [6, 6.07) is 14.6. The first-order valence-corrected chi connectivity index (χ1v) is 6.48. The molecular weight excluding hydrogens is 250 g/mol. The summed E-state index contributed by atoms with van der Waals surface area (Å²) in [5, 5.41) is 12.5.